The van der Waals surface area contributed by atoms with E-state index in [9.17, 15) is 9.35 Å². The summed E-state index contributed by atoms with van der Waals surface area (Å²) in [5.41, 5.74) is 0.518. The average molecular weight is 506 g/mol. The van der Waals surface area contributed by atoms with Gasteiger partial charge in [0.15, 0.2) is 5.94 Å². The van der Waals surface area contributed by atoms with Crippen LogP contribution >= 0.6 is 22.6 Å². The molecule has 0 aromatic heterocycles. The molecule has 0 radical (unpaired) electrons. The number of piperidine rings is 1. The van der Waals surface area contributed by atoms with Gasteiger partial charge in [0.25, 0.3) is 0 Å². The third-order valence-corrected chi connectivity index (χ3v) is 7.91. The standard InChI is InChI=1S/C18H27IN4O3S/c1-17(2,3)27(25)21-15-11-26-12-18(15)5-7-23(8-6-18)16-20-9-13(19)14(10-24)22(16)4/h9,15,21H,5-8,11-12H2,1-4H3/t15-,27?/m1/s1. The summed E-state index contributed by atoms with van der Waals surface area (Å²) < 4.78 is 22.2. The summed E-state index contributed by atoms with van der Waals surface area (Å²) in [6.45, 7) is 8.87. The van der Waals surface area contributed by atoms with Gasteiger partial charge in [0.05, 0.1) is 22.8 Å². The van der Waals surface area contributed by atoms with Gasteiger partial charge in [-0.15, -0.1) is 4.72 Å². The van der Waals surface area contributed by atoms with Crippen LogP contribution in [0.1, 0.15) is 33.6 Å². The Balaban J connectivity index is 1.68. The van der Waals surface area contributed by atoms with E-state index in [0.29, 0.717) is 18.9 Å². The summed E-state index contributed by atoms with van der Waals surface area (Å²) in [5, 5.41) is 0. The Labute approximate surface area is 177 Å². The van der Waals surface area contributed by atoms with Crippen molar-refractivity contribution in [3.63, 3.8) is 0 Å². The number of hydrogen-bond acceptors (Lipinski definition) is 7. The summed E-state index contributed by atoms with van der Waals surface area (Å²) >= 11 is 0.987. The van der Waals surface area contributed by atoms with E-state index in [-0.39, 0.29) is 16.2 Å². The third kappa shape index (κ3) is 4.23. The highest BCUT2D eigenvalue weighted by Gasteiger charge is 2.49. The number of likely N-dealkylation sites (N-methyl/N-ethyl adjacent to an activating group) is 1. The van der Waals surface area contributed by atoms with Crippen molar-refractivity contribution in [2.24, 2.45) is 10.4 Å². The lowest BCUT2D eigenvalue weighted by Crippen LogP contribution is -2.56. The number of hydrogen-bond donors (Lipinski definition) is 1. The SMILES string of the molecule is CN1C(=C=O)C(I)=CN=C1N1CCC2(CC1)COC[C@H]2N[S+]([O-])C(C)(C)C. The molecule has 2 fully saturated rings. The summed E-state index contributed by atoms with van der Waals surface area (Å²) in [7, 11) is 1.85. The van der Waals surface area contributed by atoms with E-state index in [2.05, 4.69) is 37.2 Å². The predicted molar refractivity (Wildman–Crippen MR) is 115 cm³/mol. The van der Waals surface area contributed by atoms with Crippen LogP contribution in [-0.4, -0.2) is 70.4 Å². The Hall–Kier alpha value is -0.580. The van der Waals surface area contributed by atoms with Crippen molar-refractivity contribution < 1.29 is 14.1 Å². The van der Waals surface area contributed by atoms with Crippen LogP contribution < -0.4 is 4.72 Å². The lowest BCUT2D eigenvalue weighted by molar-refractivity contribution is 0.0963. The van der Waals surface area contributed by atoms with Gasteiger partial charge in [-0.2, -0.15) is 0 Å². The molecule has 0 amide bonds. The molecular weight excluding hydrogens is 479 g/mol. The van der Waals surface area contributed by atoms with Crippen LogP contribution in [0.3, 0.4) is 0 Å². The van der Waals surface area contributed by atoms with E-state index >= 15 is 0 Å². The zero-order chi connectivity index (χ0) is 19.8. The van der Waals surface area contributed by atoms with Crippen molar-refractivity contribution in [3.8, 4) is 0 Å². The molecule has 0 aromatic rings. The largest absolute Gasteiger partial charge is 0.598 e. The lowest BCUT2D eigenvalue weighted by atomic mass is 9.75. The van der Waals surface area contributed by atoms with Crippen molar-refractivity contribution >= 4 is 45.9 Å². The van der Waals surface area contributed by atoms with E-state index in [1.165, 1.54) is 0 Å². The first-order valence-electron chi connectivity index (χ1n) is 9.11. The van der Waals surface area contributed by atoms with E-state index in [4.69, 9.17) is 4.74 Å². The summed E-state index contributed by atoms with van der Waals surface area (Å²) in [5.74, 6) is 2.79. The van der Waals surface area contributed by atoms with E-state index in [1.54, 1.807) is 6.20 Å². The van der Waals surface area contributed by atoms with Crippen LogP contribution in [-0.2, 0) is 20.9 Å². The molecule has 0 saturated carbocycles. The summed E-state index contributed by atoms with van der Waals surface area (Å²) in [6.07, 6.45) is 3.58. The average Bonchev–Trinajstić information content (AvgIpc) is 2.98. The molecule has 9 heteroatoms. The molecule has 2 atom stereocenters. The number of guanidine groups is 1. The molecule has 1 N–H and O–H groups in total. The van der Waals surface area contributed by atoms with Crippen molar-refractivity contribution in [1.29, 1.82) is 0 Å². The molecule has 150 valence electrons. The number of allylic oxidation sites excluding steroid dienone is 1. The van der Waals surface area contributed by atoms with Crippen LogP contribution in [0.5, 0.6) is 0 Å². The van der Waals surface area contributed by atoms with E-state index in [0.717, 1.165) is 35.5 Å². The minimum absolute atomic E-state index is 0.00119. The van der Waals surface area contributed by atoms with Gasteiger partial charge >= 0.3 is 0 Å². The van der Waals surface area contributed by atoms with Gasteiger partial charge in [0, 0.05) is 43.1 Å². The van der Waals surface area contributed by atoms with E-state index < -0.39 is 11.4 Å². The summed E-state index contributed by atoms with van der Waals surface area (Å²) in [4.78, 5) is 19.8. The number of ether oxygens (including phenoxy) is 1. The van der Waals surface area contributed by atoms with Crippen molar-refractivity contribution in [1.82, 2.24) is 14.5 Å². The van der Waals surface area contributed by atoms with Gasteiger partial charge in [0.2, 0.25) is 5.96 Å². The maximum atomic E-state index is 12.6. The minimum atomic E-state index is -1.11. The van der Waals surface area contributed by atoms with Gasteiger partial charge in [0.1, 0.15) is 10.4 Å². The number of carbonyl (C=O) groups excluding carboxylic acids is 1. The minimum Gasteiger partial charge on any atom is -0.598 e. The smallest absolute Gasteiger partial charge is 0.206 e. The van der Waals surface area contributed by atoms with Crippen LogP contribution in [0.15, 0.2) is 20.5 Å². The second-order valence-electron chi connectivity index (χ2n) is 8.33. The zero-order valence-electron chi connectivity index (χ0n) is 16.2. The Morgan fingerprint density at radius 2 is 2.11 bits per heavy atom. The van der Waals surface area contributed by atoms with Gasteiger partial charge in [-0.25, -0.2) is 9.79 Å². The fourth-order valence-electron chi connectivity index (χ4n) is 3.70. The second kappa shape index (κ2) is 8.04. The fourth-order valence-corrected chi connectivity index (χ4v) is 5.24. The number of nitrogens with zero attached hydrogens (tertiary/aromatic N) is 3. The first-order valence-corrected chi connectivity index (χ1v) is 11.3. The monoisotopic (exact) mass is 506 g/mol. The maximum absolute atomic E-state index is 12.6. The van der Waals surface area contributed by atoms with Crippen molar-refractivity contribution in [3.05, 3.63) is 15.5 Å². The van der Waals surface area contributed by atoms with Crippen LogP contribution in [0.4, 0.5) is 0 Å². The third-order valence-electron chi connectivity index (χ3n) is 5.51. The van der Waals surface area contributed by atoms with E-state index in [1.807, 2.05) is 38.7 Å². The normalized spacial score (nSPS) is 26.7. The molecule has 3 rings (SSSR count). The van der Waals surface area contributed by atoms with Crippen LogP contribution in [0.2, 0.25) is 0 Å². The zero-order valence-corrected chi connectivity index (χ0v) is 19.2. The number of halogens is 1. The predicted octanol–water partition coefficient (Wildman–Crippen LogP) is 1.81. The Morgan fingerprint density at radius 1 is 1.44 bits per heavy atom. The highest BCUT2D eigenvalue weighted by molar-refractivity contribution is 14.1. The van der Waals surface area contributed by atoms with Crippen LogP contribution in [0, 0.1) is 5.41 Å². The highest BCUT2D eigenvalue weighted by Crippen LogP contribution is 2.41. The maximum Gasteiger partial charge on any atom is 0.206 e. The Bertz CT molecular complexity index is 691. The Morgan fingerprint density at radius 3 is 2.70 bits per heavy atom. The quantitative estimate of drug-likeness (QED) is 0.350. The first-order chi connectivity index (χ1) is 12.7. The van der Waals surface area contributed by atoms with Gasteiger partial charge in [-0.3, -0.25) is 0 Å². The number of rotatable bonds is 2. The molecule has 3 aliphatic heterocycles. The molecular formula is C18H27IN4O3S. The van der Waals surface area contributed by atoms with Crippen LogP contribution in [0.25, 0.3) is 0 Å². The molecule has 1 spiro atoms. The molecule has 2 saturated heterocycles. The second-order valence-corrected chi connectivity index (χ2v) is 11.5. The fraction of sp³-hybridized carbons (Fsp3) is 0.722. The van der Waals surface area contributed by atoms with Gasteiger partial charge in [-0.1, -0.05) is 0 Å². The summed E-state index contributed by atoms with van der Waals surface area (Å²) in [6, 6.07) is 0.0945. The van der Waals surface area contributed by atoms with Crippen molar-refractivity contribution in [2.45, 2.75) is 44.4 Å². The van der Waals surface area contributed by atoms with Crippen molar-refractivity contribution in [2.75, 3.05) is 33.4 Å². The van der Waals surface area contributed by atoms with Gasteiger partial charge in [-0.05, 0) is 56.2 Å². The molecule has 0 aliphatic carbocycles. The lowest BCUT2D eigenvalue weighted by Gasteiger charge is -2.44. The molecule has 7 nitrogen and oxygen atoms in total. The van der Waals surface area contributed by atoms with Gasteiger partial charge < -0.3 is 19.1 Å². The molecule has 1 unspecified atom stereocenters. The Kier molecular flexibility index (Phi) is 6.29. The molecule has 3 heterocycles. The molecule has 27 heavy (non-hydrogen) atoms. The number of nitrogens with one attached hydrogen (secondary N) is 1. The molecule has 0 bridgehead atoms. The molecule has 0 aromatic carbocycles. The number of aliphatic imine (C=N–C) groups is 1. The highest BCUT2D eigenvalue weighted by atomic mass is 127. The number of likely N-dealkylation sites (tertiary alicyclic amines) is 1. The molecule has 3 aliphatic rings. The first kappa shape index (κ1) is 21.1. The topological polar surface area (TPSA) is 80.2 Å².